The van der Waals surface area contributed by atoms with E-state index in [-0.39, 0.29) is 6.10 Å². The Morgan fingerprint density at radius 2 is 2.06 bits per heavy atom. The molecule has 0 aliphatic carbocycles. The van der Waals surface area contributed by atoms with Crippen molar-refractivity contribution in [3.63, 3.8) is 0 Å². The highest BCUT2D eigenvalue weighted by Crippen LogP contribution is 2.19. The molecule has 0 unspecified atom stereocenters. The first-order valence-corrected chi connectivity index (χ1v) is 5.82. The third-order valence-electron chi connectivity index (χ3n) is 2.20. The highest BCUT2D eigenvalue weighted by Gasteiger charge is 2.17. The van der Waals surface area contributed by atoms with Gasteiger partial charge in [-0.2, -0.15) is 5.26 Å². The molecular formula is C12H14BrNO2. The Bertz CT molecular complexity index is 349. The zero-order chi connectivity index (χ0) is 12.0. The van der Waals surface area contributed by atoms with Crippen LogP contribution < -0.4 is 0 Å². The number of ether oxygens (including phenoxy) is 2. The molecule has 0 aromatic heterocycles. The average molecular weight is 284 g/mol. The Balaban J connectivity index is 2.56. The summed E-state index contributed by atoms with van der Waals surface area (Å²) in [6, 6.07) is 2.04. The van der Waals surface area contributed by atoms with Crippen molar-refractivity contribution in [2.24, 2.45) is 0 Å². The summed E-state index contributed by atoms with van der Waals surface area (Å²) in [5, 5.41) is 8.93. The second-order valence-corrected chi connectivity index (χ2v) is 4.49. The molecule has 1 fully saturated rings. The fourth-order valence-electron chi connectivity index (χ4n) is 1.39. The van der Waals surface area contributed by atoms with Gasteiger partial charge < -0.3 is 9.47 Å². The molecule has 16 heavy (non-hydrogen) atoms. The third kappa shape index (κ3) is 4.21. The highest BCUT2D eigenvalue weighted by molar-refractivity contribution is 9.11. The van der Waals surface area contributed by atoms with Gasteiger partial charge in [-0.15, -0.1) is 0 Å². The zero-order valence-corrected chi connectivity index (χ0v) is 10.6. The van der Waals surface area contributed by atoms with Gasteiger partial charge in [0.2, 0.25) is 0 Å². The Labute approximate surface area is 104 Å². The van der Waals surface area contributed by atoms with E-state index in [9.17, 15) is 0 Å². The van der Waals surface area contributed by atoms with Gasteiger partial charge in [0.05, 0.1) is 18.8 Å². The van der Waals surface area contributed by atoms with E-state index >= 15 is 0 Å². The standard InChI is InChI=1S/C12H14BrNO2/c1-9(13)7-11(8-14)10(2)16-12-3-5-15-6-4-12/h7,12H,1-6H2/b11-7-. The first kappa shape index (κ1) is 13.0. The van der Waals surface area contributed by atoms with Gasteiger partial charge >= 0.3 is 0 Å². The predicted octanol–water partition coefficient (Wildman–Crippen LogP) is 3.05. The fraction of sp³-hybridized carbons (Fsp3) is 0.417. The maximum absolute atomic E-state index is 8.93. The van der Waals surface area contributed by atoms with Crippen LogP contribution in [0.25, 0.3) is 0 Å². The van der Waals surface area contributed by atoms with Crippen LogP contribution in [0.1, 0.15) is 12.8 Å². The average Bonchev–Trinajstić information content (AvgIpc) is 2.26. The molecule has 1 heterocycles. The molecule has 0 atom stereocenters. The van der Waals surface area contributed by atoms with E-state index in [0.29, 0.717) is 29.0 Å². The monoisotopic (exact) mass is 283 g/mol. The molecule has 1 aliphatic rings. The van der Waals surface area contributed by atoms with Crippen molar-refractivity contribution in [2.45, 2.75) is 18.9 Å². The molecule has 3 nitrogen and oxygen atoms in total. The summed E-state index contributed by atoms with van der Waals surface area (Å²) in [6.45, 7) is 8.81. The van der Waals surface area contributed by atoms with Crippen LogP contribution in [-0.4, -0.2) is 19.3 Å². The second-order valence-electron chi connectivity index (χ2n) is 3.47. The molecule has 1 rings (SSSR count). The minimum Gasteiger partial charge on any atom is -0.489 e. The van der Waals surface area contributed by atoms with E-state index < -0.39 is 0 Å². The number of allylic oxidation sites excluding steroid dienone is 3. The largest absolute Gasteiger partial charge is 0.489 e. The molecule has 0 aromatic rings. The maximum atomic E-state index is 8.93. The van der Waals surface area contributed by atoms with Gasteiger partial charge in [0.1, 0.15) is 17.9 Å². The normalized spacial score (nSPS) is 17.6. The predicted molar refractivity (Wildman–Crippen MR) is 65.8 cm³/mol. The van der Waals surface area contributed by atoms with E-state index in [1.165, 1.54) is 0 Å². The SMILES string of the molecule is C=C(Br)/C=C(/C#N)C(=C)OC1CCOCC1. The van der Waals surface area contributed by atoms with E-state index in [4.69, 9.17) is 14.7 Å². The van der Waals surface area contributed by atoms with Gasteiger partial charge in [0.25, 0.3) is 0 Å². The van der Waals surface area contributed by atoms with Gasteiger partial charge in [0.15, 0.2) is 0 Å². The summed E-state index contributed by atoms with van der Waals surface area (Å²) < 4.78 is 11.5. The Morgan fingerprint density at radius 1 is 1.44 bits per heavy atom. The molecule has 0 bridgehead atoms. The summed E-state index contributed by atoms with van der Waals surface area (Å²) in [4.78, 5) is 0. The second kappa shape index (κ2) is 6.51. The Morgan fingerprint density at radius 3 is 2.56 bits per heavy atom. The van der Waals surface area contributed by atoms with Gasteiger partial charge in [-0.05, 0) is 6.08 Å². The van der Waals surface area contributed by atoms with Crippen LogP contribution in [0.5, 0.6) is 0 Å². The molecule has 0 aromatic carbocycles. The van der Waals surface area contributed by atoms with E-state index in [1.807, 2.05) is 6.07 Å². The van der Waals surface area contributed by atoms with Crippen LogP contribution in [-0.2, 0) is 9.47 Å². The topological polar surface area (TPSA) is 42.2 Å². The third-order valence-corrected chi connectivity index (χ3v) is 2.43. The van der Waals surface area contributed by atoms with Crippen molar-refractivity contribution in [3.05, 3.63) is 35.0 Å². The number of hydrogen-bond donors (Lipinski definition) is 0. The molecule has 0 radical (unpaired) electrons. The smallest absolute Gasteiger partial charge is 0.130 e. The molecular weight excluding hydrogens is 270 g/mol. The summed E-state index contributed by atoms with van der Waals surface area (Å²) >= 11 is 3.17. The van der Waals surface area contributed by atoms with Crippen LogP contribution in [0.2, 0.25) is 0 Å². The lowest BCUT2D eigenvalue weighted by Gasteiger charge is -2.24. The molecule has 0 spiro atoms. The molecule has 1 saturated heterocycles. The lowest BCUT2D eigenvalue weighted by molar-refractivity contribution is -0.000976. The van der Waals surface area contributed by atoms with Crippen LogP contribution >= 0.6 is 15.9 Å². The van der Waals surface area contributed by atoms with Crippen LogP contribution in [0, 0.1) is 11.3 Å². The summed E-state index contributed by atoms with van der Waals surface area (Å²) in [5.41, 5.74) is 0.397. The summed E-state index contributed by atoms with van der Waals surface area (Å²) in [6.07, 6.45) is 3.38. The van der Waals surface area contributed by atoms with Crippen molar-refractivity contribution in [1.29, 1.82) is 5.26 Å². The van der Waals surface area contributed by atoms with Crippen molar-refractivity contribution < 1.29 is 9.47 Å². The van der Waals surface area contributed by atoms with E-state index in [0.717, 1.165) is 12.8 Å². The lowest BCUT2D eigenvalue weighted by atomic mass is 10.1. The van der Waals surface area contributed by atoms with Crippen LogP contribution in [0.3, 0.4) is 0 Å². The fourth-order valence-corrected chi connectivity index (χ4v) is 1.62. The summed E-state index contributed by atoms with van der Waals surface area (Å²) in [5.74, 6) is 0.398. The van der Waals surface area contributed by atoms with Crippen molar-refractivity contribution >= 4 is 15.9 Å². The van der Waals surface area contributed by atoms with Gasteiger partial charge in [-0.3, -0.25) is 0 Å². The number of halogens is 1. The first-order chi connectivity index (χ1) is 7.63. The van der Waals surface area contributed by atoms with E-state index in [2.05, 4.69) is 29.1 Å². The highest BCUT2D eigenvalue weighted by atomic mass is 79.9. The van der Waals surface area contributed by atoms with Crippen molar-refractivity contribution in [2.75, 3.05) is 13.2 Å². The number of hydrogen-bond acceptors (Lipinski definition) is 3. The first-order valence-electron chi connectivity index (χ1n) is 5.03. The molecule has 4 heteroatoms. The Hall–Kier alpha value is -1.05. The number of nitriles is 1. The van der Waals surface area contributed by atoms with Gasteiger partial charge in [0, 0.05) is 17.3 Å². The molecule has 86 valence electrons. The van der Waals surface area contributed by atoms with Crippen molar-refractivity contribution in [1.82, 2.24) is 0 Å². The van der Waals surface area contributed by atoms with Gasteiger partial charge in [-0.25, -0.2) is 0 Å². The van der Waals surface area contributed by atoms with Gasteiger partial charge in [-0.1, -0.05) is 29.1 Å². The Kier molecular flexibility index (Phi) is 5.30. The quantitative estimate of drug-likeness (QED) is 0.452. The minimum atomic E-state index is 0.0987. The van der Waals surface area contributed by atoms with Crippen LogP contribution in [0.4, 0.5) is 0 Å². The molecule has 0 amide bonds. The molecule has 1 aliphatic heterocycles. The lowest BCUT2D eigenvalue weighted by Crippen LogP contribution is -2.23. The van der Waals surface area contributed by atoms with E-state index in [1.54, 1.807) is 6.08 Å². The van der Waals surface area contributed by atoms with Crippen molar-refractivity contribution in [3.8, 4) is 6.07 Å². The molecule has 0 saturated carbocycles. The maximum Gasteiger partial charge on any atom is 0.130 e. The number of nitrogens with zero attached hydrogens (tertiary/aromatic N) is 1. The summed E-state index contributed by atoms with van der Waals surface area (Å²) in [7, 11) is 0. The zero-order valence-electron chi connectivity index (χ0n) is 9.04. The molecule has 0 N–H and O–H groups in total. The van der Waals surface area contributed by atoms with Crippen LogP contribution in [0.15, 0.2) is 35.0 Å². The number of rotatable bonds is 4. The minimum absolute atomic E-state index is 0.0987.